The number of hydrogen-bond donors (Lipinski definition) is 0. The fraction of sp³-hybridized carbons (Fsp3) is 0.231. The molecule has 0 aromatic heterocycles. The minimum absolute atomic E-state index is 0.139. The number of hydrogen-bond acceptors (Lipinski definition) is 3. The Bertz CT molecular complexity index is 1210. The first-order valence-electron chi connectivity index (χ1n) is 10.1. The number of aryl methyl sites for hydroxylation is 1. The lowest BCUT2D eigenvalue weighted by molar-refractivity contribution is 0.104. The van der Waals surface area contributed by atoms with Gasteiger partial charge in [0.25, 0.3) is 0 Å². The molecule has 3 rings (SSSR count). The van der Waals surface area contributed by atoms with Gasteiger partial charge >= 0.3 is 0 Å². The van der Waals surface area contributed by atoms with Crippen LogP contribution in [0.5, 0.6) is 0 Å². The van der Waals surface area contributed by atoms with Gasteiger partial charge in [-0.1, -0.05) is 54.1 Å². The predicted octanol–water partition coefficient (Wildman–Crippen LogP) is 6.86. The summed E-state index contributed by atoms with van der Waals surface area (Å²) in [7, 11) is -4.22. The number of carbonyl (C=O) groups is 2. The largest absolute Gasteiger partial charge is 0.302 e. The van der Waals surface area contributed by atoms with E-state index in [9.17, 15) is 14.2 Å². The van der Waals surface area contributed by atoms with Crippen molar-refractivity contribution >= 4 is 35.1 Å². The van der Waals surface area contributed by atoms with Crippen molar-refractivity contribution in [2.75, 3.05) is 0 Å². The Hall–Kier alpha value is -2.48. The summed E-state index contributed by atoms with van der Waals surface area (Å²) < 4.78 is 14.6. The first-order chi connectivity index (χ1) is 14.5. The van der Waals surface area contributed by atoms with E-state index >= 15 is 0 Å². The van der Waals surface area contributed by atoms with Crippen LogP contribution in [0.3, 0.4) is 0 Å². The highest BCUT2D eigenvalue weighted by molar-refractivity contribution is 8.01. The molecule has 0 saturated carbocycles. The zero-order chi connectivity index (χ0) is 23.1. The van der Waals surface area contributed by atoms with Crippen molar-refractivity contribution in [1.82, 2.24) is 0 Å². The van der Waals surface area contributed by atoms with Gasteiger partial charge in [0.1, 0.15) is 0 Å². The van der Waals surface area contributed by atoms with Crippen LogP contribution >= 0.6 is 18.7 Å². The van der Waals surface area contributed by atoms with Gasteiger partial charge in [-0.25, -0.2) is 0 Å². The zero-order valence-electron chi connectivity index (χ0n) is 18.7. The van der Waals surface area contributed by atoms with Crippen LogP contribution in [0.15, 0.2) is 48.5 Å². The van der Waals surface area contributed by atoms with Crippen LogP contribution in [0.4, 0.5) is 0 Å². The second-order valence-electron chi connectivity index (χ2n) is 7.99. The van der Waals surface area contributed by atoms with E-state index in [-0.39, 0.29) is 15.9 Å². The summed E-state index contributed by atoms with van der Waals surface area (Å²) in [6.45, 7) is 11.3. The van der Waals surface area contributed by atoms with Gasteiger partial charge in [-0.15, -0.1) is 0 Å². The maximum atomic E-state index is 14.6. The summed E-state index contributed by atoms with van der Waals surface area (Å²) in [5.41, 5.74) is 4.27. The van der Waals surface area contributed by atoms with Crippen LogP contribution in [0.2, 0.25) is 5.02 Å². The minimum Gasteiger partial charge on any atom is -0.302 e. The van der Waals surface area contributed by atoms with Crippen molar-refractivity contribution in [2.45, 2.75) is 41.5 Å². The fourth-order valence-corrected chi connectivity index (χ4v) is 6.88. The average molecular weight is 453 g/mol. The summed E-state index contributed by atoms with van der Waals surface area (Å²) in [5.74, 6) is 0. The number of carbonyl (C=O) groups excluding carboxylic acids is 2. The molecule has 3 aromatic rings. The number of rotatable bonds is 5. The monoisotopic (exact) mass is 452 g/mol. The lowest BCUT2D eigenvalue weighted by Crippen LogP contribution is -2.23. The van der Waals surface area contributed by atoms with Crippen LogP contribution in [0.1, 0.15) is 54.1 Å². The Labute approximate surface area is 188 Å². The van der Waals surface area contributed by atoms with Crippen molar-refractivity contribution in [3.05, 3.63) is 98.1 Å². The standard InChI is InChI=1S/C26H26ClO3P/c1-15-11-10-14-22(27)23(15)25(28)31(30,21-12-8-7-9-13-21)26(29)24-19(5)17(3)16(2)18(4)20(24)6/h7-14H,1-6H3. The number of benzene rings is 3. The maximum absolute atomic E-state index is 14.6. The smallest absolute Gasteiger partial charge is 0.248 e. The molecule has 0 radical (unpaired) electrons. The highest BCUT2D eigenvalue weighted by Crippen LogP contribution is 2.53. The second kappa shape index (κ2) is 8.57. The molecule has 0 aliphatic heterocycles. The minimum atomic E-state index is -4.22. The topological polar surface area (TPSA) is 51.2 Å². The van der Waals surface area contributed by atoms with Gasteiger partial charge in [-0.3, -0.25) is 9.59 Å². The second-order valence-corrected chi connectivity index (χ2v) is 10.9. The van der Waals surface area contributed by atoms with Crippen molar-refractivity contribution in [3.8, 4) is 0 Å². The van der Waals surface area contributed by atoms with E-state index in [2.05, 4.69) is 0 Å². The van der Waals surface area contributed by atoms with Crippen molar-refractivity contribution < 1.29 is 14.2 Å². The zero-order valence-corrected chi connectivity index (χ0v) is 20.3. The van der Waals surface area contributed by atoms with Crippen molar-refractivity contribution in [1.29, 1.82) is 0 Å². The van der Waals surface area contributed by atoms with Crippen molar-refractivity contribution in [3.63, 3.8) is 0 Å². The first-order valence-corrected chi connectivity index (χ1v) is 12.2. The summed E-state index contributed by atoms with van der Waals surface area (Å²) in [6.07, 6.45) is 0. The molecule has 31 heavy (non-hydrogen) atoms. The molecular formula is C26H26ClO3P. The Morgan fingerprint density at radius 2 is 1.13 bits per heavy atom. The molecule has 3 nitrogen and oxygen atoms in total. The molecule has 0 heterocycles. The molecule has 3 aromatic carbocycles. The fourth-order valence-electron chi connectivity index (χ4n) is 4.00. The highest BCUT2D eigenvalue weighted by Gasteiger charge is 2.45. The third-order valence-electron chi connectivity index (χ3n) is 6.34. The van der Waals surface area contributed by atoms with E-state index in [0.717, 1.165) is 27.8 Å². The van der Waals surface area contributed by atoms with Gasteiger partial charge < -0.3 is 4.57 Å². The van der Waals surface area contributed by atoms with Gasteiger partial charge in [0.05, 0.1) is 5.02 Å². The normalized spacial score (nSPS) is 13.0. The lowest BCUT2D eigenvalue weighted by atomic mass is 9.90. The van der Waals surface area contributed by atoms with Crippen LogP contribution in [0, 0.1) is 41.5 Å². The van der Waals surface area contributed by atoms with Crippen LogP contribution in [0.25, 0.3) is 0 Å². The third kappa shape index (κ3) is 3.71. The van der Waals surface area contributed by atoms with Gasteiger partial charge in [-0.05, 0) is 81.0 Å². The summed E-state index contributed by atoms with van der Waals surface area (Å²) in [5, 5.41) is 0.415. The van der Waals surface area contributed by atoms with Crippen LogP contribution < -0.4 is 5.30 Å². The van der Waals surface area contributed by atoms with Gasteiger partial charge in [-0.2, -0.15) is 0 Å². The Kier molecular flexibility index (Phi) is 6.41. The van der Waals surface area contributed by atoms with E-state index in [1.54, 1.807) is 55.5 Å². The molecular weight excluding hydrogens is 427 g/mol. The van der Waals surface area contributed by atoms with E-state index in [1.807, 2.05) is 34.6 Å². The third-order valence-corrected chi connectivity index (χ3v) is 9.27. The van der Waals surface area contributed by atoms with E-state index in [1.165, 1.54) is 0 Å². The molecule has 0 bridgehead atoms. The van der Waals surface area contributed by atoms with E-state index in [0.29, 0.717) is 11.1 Å². The Morgan fingerprint density at radius 1 is 0.645 bits per heavy atom. The van der Waals surface area contributed by atoms with Crippen LogP contribution in [-0.4, -0.2) is 11.0 Å². The summed E-state index contributed by atoms with van der Waals surface area (Å²) >= 11 is 6.35. The van der Waals surface area contributed by atoms with Gasteiger partial charge in [0, 0.05) is 16.4 Å². The Morgan fingerprint density at radius 3 is 1.65 bits per heavy atom. The number of halogens is 1. The quantitative estimate of drug-likeness (QED) is 0.397. The average Bonchev–Trinajstić information content (AvgIpc) is 2.76. The van der Waals surface area contributed by atoms with Crippen molar-refractivity contribution in [2.24, 2.45) is 0 Å². The maximum Gasteiger partial charge on any atom is 0.248 e. The molecule has 0 aliphatic carbocycles. The van der Waals surface area contributed by atoms with Gasteiger partial charge in [0.15, 0.2) is 0 Å². The van der Waals surface area contributed by atoms with E-state index in [4.69, 9.17) is 11.6 Å². The molecule has 0 N–H and O–H groups in total. The molecule has 5 heteroatoms. The molecule has 0 aliphatic rings. The molecule has 1 atom stereocenters. The van der Waals surface area contributed by atoms with Crippen LogP contribution in [-0.2, 0) is 4.57 Å². The highest BCUT2D eigenvalue weighted by atomic mass is 35.5. The molecule has 0 amide bonds. The summed E-state index contributed by atoms with van der Waals surface area (Å²) in [4.78, 5) is 27.8. The SMILES string of the molecule is Cc1cccc(Cl)c1C(=O)P(=O)(C(=O)c1c(C)c(C)c(C)c(C)c1C)c1ccccc1. The first kappa shape index (κ1) is 23.2. The van der Waals surface area contributed by atoms with E-state index < -0.39 is 18.2 Å². The molecule has 0 fully saturated rings. The molecule has 160 valence electrons. The van der Waals surface area contributed by atoms with Gasteiger partial charge in [0.2, 0.25) is 18.2 Å². The predicted molar refractivity (Wildman–Crippen MR) is 129 cm³/mol. The molecule has 0 saturated heterocycles. The molecule has 0 spiro atoms. The lowest BCUT2D eigenvalue weighted by Gasteiger charge is -2.23. The molecule has 1 unspecified atom stereocenters. The summed E-state index contributed by atoms with van der Waals surface area (Å²) in [6, 6.07) is 13.3. The Balaban J connectivity index is 2.37.